The molecule has 3 rings (SSSR count). The molecule has 1 aromatic heterocycles. The Labute approximate surface area is 143 Å². The van der Waals surface area contributed by atoms with E-state index >= 15 is 0 Å². The van der Waals surface area contributed by atoms with Crippen molar-refractivity contribution in [3.63, 3.8) is 0 Å². The summed E-state index contributed by atoms with van der Waals surface area (Å²) < 4.78 is 5.44. The molecule has 1 atom stereocenters. The van der Waals surface area contributed by atoms with Crippen LogP contribution in [0.3, 0.4) is 0 Å². The van der Waals surface area contributed by atoms with Gasteiger partial charge in [0.1, 0.15) is 6.10 Å². The molecular formula is C18H15ClN2O3. The van der Waals surface area contributed by atoms with Gasteiger partial charge in [0.15, 0.2) is 0 Å². The predicted molar refractivity (Wildman–Crippen MR) is 92.0 cm³/mol. The van der Waals surface area contributed by atoms with Crippen LogP contribution < -0.4 is 5.56 Å². The van der Waals surface area contributed by atoms with Gasteiger partial charge in [-0.1, -0.05) is 48.0 Å². The molecule has 0 aliphatic heterocycles. The van der Waals surface area contributed by atoms with Gasteiger partial charge in [-0.15, -0.1) is 0 Å². The van der Waals surface area contributed by atoms with Gasteiger partial charge in [0, 0.05) is 16.0 Å². The molecule has 3 aromatic rings. The highest BCUT2D eigenvalue weighted by molar-refractivity contribution is 6.31. The van der Waals surface area contributed by atoms with Crippen molar-refractivity contribution in [2.24, 2.45) is 0 Å². The first-order chi connectivity index (χ1) is 11.6. The van der Waals surface area contributed by atoms with Crippen LogP contribution in [-0.4, -0.2) is 16.2 Å². The minimum absolute atomic E-state index is 0.0356. The summed E-state index contributed by atoms with van der Waals surface area (Å²) in [7, 11) is 0. The number of H-pyrrole nitrogens is 1. The molecule has 0 aliphatic carbocycles. The topological polar surface area (TPSA) is 72.0 Å². The minimum atomic E-state index is -0.472. The van der Waals surface area contributed by atoms with Crippen molar-refractivity contribution in [3.05, 3.63) is 75.2 Å². The third-order valence-corrected chi connectivity index (χ3v) is 4.08. The Morgan fingerprint density at radius 3 is 2.58 bits per heavy atom. The SMILES string of the molecule is CC(OC(=O)Cc1n[nH]c(=O)c2ccccc12)c1ccccc1Cl. The van der Waals surface area contributed by atoms with E-state index in [-0.39, 0.29) is 12.0 Å². The second-order valence-corrected chi connectivity index (χ2v) is 5.78. The third-order valence-electron chi connectivity index (χ3n) is 3.74. The molecule has 1 unspecified atom stereocenters. The Hall–Kier alpha value is -2.66. The molecule has 5 nitrogen and oxygen atoms in total. The van der Waals surface area contributed by atoms with E-state index < -0.39 is 12.1 Å². The van der Waals surface area contributed by atoms with Crippen molar-refractivity contribution in [1.29, 1.82) is 0 Å². The van der Waals surface area contributed by atoms with Gasteiger partial charge >= 0.3 is 5.97 Å². The van der Waals surface area contributed by atoms with Crippen LogP contribution in [0.5, 0.6) is 0 Å². The molecule has 0 fully saturated rings. The Bertz CT molecular complexity index is 952. The Balaban J connectivity index is 1.80. The molecule has 0 bridgehead atoms. The molecule has 2 aromatic carbocycles. The van der Waals surface area contributed by atoms with Gasteiger partial charge in [0.2, 0.25) is 0 Å². The van der Waals surface area contributed by atoms with Crippen LogP contribution in [0.4, 0.5) is 0 Å². The molecule has 0 saturated carbocycles. The van der Waals surface area contributed by atoms with E-state index in [9.17, 15) is 9.59 Å². The summed E-state index contributed by atoms with van der Waals surface area (Å²) in [5.74, 6) is -0.438. The standard InChI is InChI=1S/C18H15ClN2O3/c1-11(12-6-4-5-9-15(12)19)24-17(22)10-16-13-7-2-3-8-14(13)18(23)21-20-16/h2-9,11H,10H2,1H3,(H,21,23). The number of rotatable bonds is 4. The highest BCUT2D eigenvalue weighted by atomic mass is 35.5. The number of benzene rings is 2. The number of hydrogen-bond acceptors (Lipinski definition) is 4. The first-order valence-electron chi connectivity index (χ1n) is 7.46. The first kappa shape index (κ1) is 16.2. The van der Waals surface area contributed by atoms with Crippen molar-refractivity contribution in [2.45, 2.75) is 19.4 Å². The first-order valence-corrected chi connectivity index (χ1v) is 7.84. The number of halogens is 1. The van der Waals surface area contributed by atoms with Crippen LogP contribution in [0, 0.1) is 0 Å². The van der Waals surface area contributed by atoms with Crippen LogP contribution in [0.1, 0.15) is 24.3 Å². The molecule has 24 heavy (non-hydrogen) atoms. The smallest absolute Gasteiger partial charge is 0.312 e. The maximum atomic E-state index is 12.2. The second kappa shape index (κ2) is 6.84. The van der Waals surface area contributed by atoms with Crippen molar-refractivity contribution in [3.8, 4) is 0 Å². The highest BCUT2D eigenvalue weighted by Crippen LogP contribution is 2.25. The number of carbonyl (C=O) groups is 1. The molecule has 0 amide bonds. The molecule has 6 heteroatoms. The third kappa shape index (κ3) is 3.31. The summed E-state index contributed by atoms with van der Waals surface area (Å²) in [5, 5.41) is 8.07. The zero-order chi connectivity index (χ0) is 17.1. The summed E-state index contributed by atoms with van der Waals surface area (Å²) >= 11 is 6.11. The molecule has 0 aliphatic rings. The number of ether oxygens (including phenoxy) is 1. The fourth-order valence-corrected chi connectivity index (χ4v) is 2.84. The molecule has 1 N–H and O–H groups in total. The molecule has 0 radical (unpaired) electrons. The van der Waals surface area contributed by atoms with Crippen molar-refractivity contribution >= 4 is 28.3 Å². The zero-order valence-electron chi connectivity index (χ0n) is 13.0. The number of hydrogen-bond donors (Lipinski definition) is 1. The van der Waals surface area contributed by atoms with Gasteiger partial charge < -0.3 is 4.74 Å². The number of aromatic amines is 1. The summed E-state index contributed by atoms with van der Waals surface area (Å²) in [6.45, 7) is 1.76. The Morgan fingerprint density at radius 1 is 1.17 bits per heavy atom. The van der Waals surface area contributed by atoms with E-state index in [1.165, 1.54) is 0 Å². The van der Waals surface area contributed by atoms with Crippen LogP contribution >= 0.6 is 11.6 Å². The van der Waals surface area contributed by atoms with E-state index in [0.717, 1.165) is 5.56 Å². The summed E-state index contributed by atoms with van der Waals surface area (Å²) in [5.41, 5.74) is 0.931. The normalized spacial score (nSPS) is 12.1. The van der Waals surface area contributed by atoms with Crippen molar-refractivity contribution in [1.82, 2.24) is 10.2 Å². The fourth-order valence-electron chi connectivity index (χ4n) is 2.55. The summed E-state index contributed by atoms with van der Waals surface area (Å²) in [6, 6.07) is 14.2. The van der Waals surface area contributed by atoms with Gasteiger partial charge in [-0.05, 0) is 19.1 Å². The zero-order valence-corrected chi connectivity index (χ0v) is 13.7. The number of nitrogens with one attached hydrogen (secondary N) is 1. The van der Waals surface area contributed by atoms with E-state index in [1.54, 1.807) is 37.3 Å². The largest absolute Gasteiger partial charge is 0.457 e. The van der Waals surface area contributed by atoms with Crippen LogP contribution in [-0.2, 0) is 16.0 Å². The van der Waals surface area contributed by atoms with Gasteiger partial charge in [-0.2, -0.15) is 5.10 Å². The van der Waals surface area contributed by atoms with Crippen molar-refractivity contribution in [2.75, 3.05) is 0 Å². The van der Waals surface area contributed by atoms with Gasteiger partial charge in [-0.25, -0.2) is 5.10 Å². The second-order valence-electron chi connectivity index (χ2n) is 5.38. The lowest BCUT2D eigenvalue weighted by atomic mass is 10.1. The highest BCUT2D eigenvalue weighted by Gasteiger charge is 2.17. The van der Waals surface area contributed by atoms with Crippen molar-refractivity contribution < 1.29 is 9.53 Å². The van der Waals surface area contributed by atoms with E-state index in [1.807, 2.05) is 18.2 Å². The predicted octanol–water partition coefficient (Wildman–Crippen LogP) is 3.42. The van der Waals surface area contributed by atoms with E-state index in [0.29, 0.717) is 21.5 Å². The summed E-state index contributed by atoms with van der Waals surface area (Å²) in [6.07, 6.45) is -0.508. The van der Waals surface area contributed by atoms with Crippen LogP contribution in [0.2, 0.25) is 5.02 Å². The maximum absolute atomic E-state index is 12.2. The van der Waals surface area contributed by atoms with Crippen LogP contribution in [0.15, 0.2) is 53.3 Å². The lowest BCUT2D eigenvalue weighted by molar-refractivity contribution is -0.147. The molecule has 0 spiro atoms. The lowest BCUT2D eigenvalue weighted by Crippen LogP contribution is -2.16. The number of esters is 1. The Morgan fingerprint density at radius 2 is 1.83 bits per heavy atom. The fraction of sp³-hybridized carbons (Fsp3) is 0.167. The van der Waals surface area contributed by atoms with E-state index in [4.69, 9.17) is 16.3 Å². The number of nitrogens with zero attached hydrogens (tertiary/aromatic N) is 1. The maximum Gasteiger partial charge on any atom is 0.312 e. The average Bonchev–Trinajstić information content (AvgIpc) is 2.58. The number of carbonyl (C=O) groups excluding carboxylic acids is 1. The molecule has 1 heterocycles. The van der Waals surface area contributed by atoms with E-state index in [2.05, 4.69) is 10.2 Å². The van der Waals surface area contributed by atoms with Gasteiger partial charge in [0.25, 0.3) is 5.56 Å². The van der Waals surface area contributed by atoms with Gasteiger partial charge in [-0.3, -0.25) is 9.59 Å². The number of aromatic nitrogens is 2. The lowest BCUT2D eigenvalue weighted by Gasteiger charge is -2.15. The Kier molecular flexibility index (Phi) is 4.62. The summed E-state index contributed by atoms with van der Waals surface area (Å²) in [4.78, 5) is 24.0. The average molecular weight is 343 g/mol. The van der Waals surface area contributed by atoms with Gasteiger partial charge in [0.05, 0.1) is 17.5 Å². The van der Waals surface area contributed by atoms with Crippen LogP contribution in [0.25, 0.3) is 10.8 Å². The number of fused-ring (bicyclic) bond motifs is 1. The molecule has 122 valence electrons. The quantitative estimate of drug-likeness (QED) is 0.737. The monoisotopic (exact) mass is 342 g/mol. The molecular weight excluding hydrogens is 328 g/mol. The molecule has 0 saturated heterocycles. The minimum Gasteiger partial charge on any atom is -0.457 e.